The van der Waals surface area contributed by atoms with Crippen molar-refractivity contribution in [3.8, 4) is 0 Å². The Kier molecular flexibility index (Phi) is 7.66. The van der Waals surface area contributed by atoms with Gasteiger partial charge >= 0.3 is 0 Å². The third-order valence-electron chi connectivity index (χ3n) is 8.74. The van der Waals surface area contributed by atoms with Crippen LogP contribution in [0.15, 0.2) is 0 Å². The highest BCUT2D eigenvalue weighted by Crippen LogP contribution is 2.40. The molecule has 1 aliphatic carbocycles. The summed E-state index contributed by atoms with van der Waals surface area (Å²) in [5.74, 6) is 1.19. The largest absolute Gasteiger partial charge is 0.381 e. The van der Waals surface area contributed by atoms with Gasteiger partial charge in [-0.1, -0.05) is 12.8 Å². The summed E-state index contributed by atoms with van der Waals surface area (Å²) in [5.41, 5.74) is 0.0449. The van der Waals surface area contributed by atoms with E-state index in [4.69, 9.17) is 4.74 Å². The van der Waals surface area contributed by atoms with Crippen molar-refractivity contribution in [2.24, 2.45) is 17.8 Å². The molecule has 5 aliphatic rings. The van der Waals surface area contributed by atoms with Crippen LogP contribution in [0.3, 0.4) is 0 Å². The van der Waals surface area contributed by atoms with Gasteiger partial charge in [0.05, 0.1) is 18.2 Å². The number of hydrogen-bond donors (Lipinski definition) is 4. The first-order valence-electron chi connectivity index (χ1n) is 13.1. The van der Waals surface area contributed by atoms with Crippen LogP contribution in [0.1, 0.15) is 58.3 Å². The number of carbonyl (C=O) groups excluding carboxylic acids is 1. The number of amides is 1. The molecule has 0 aromatic heterocycles. The van der Waals surface area contributed by atoms with E-state index in [2.05, 4.69) is 33.1 Å². The van der Waals surface area contributed by atoms with E-state index in [1.54, 1.807) is 0 Å². The van der Waals surface area contributed by atoms with E-state index in [1.807, 2.05) is 18.9 Å². The fourth-order valence-corrected chi connectivity index (χ4v) is 8.44. The summed E-state index contributed by atoms with van der Waals surface area (Å²) in [6.07, 6.45) is 10.7. The van der Waals surface area contributed by atoms with Crippen LogP contribution in [0.4, 0.5) is 0 Å². The summed E-state index contributed by atoms with van der Waals surface area (Å²) < 4.78 is 5.89. The molecule has 0 radical (unpaired) electrons. The molecule has 4 heterocycles. The van der Waals surface area contributed by atoms with Gasteiger partial charge in [-0.15, -0.1) is 11.8 Å². The number of ether oxygens (including phenoxy) is 1. The minimum atomic E-state index is 0.0396. The number of nitrogens with one attached hydrogen (secondary N) is 4. The highest BCUT2D eigenvalue weighted by molar-refractivity contribution is 8.00. The number of fused-ring (bicyclic) bond motifs is 1. The van der Waals surface area contributed by atoms with Crippen molar-refractivity contribution >= 4 is 17.7 Å². The first kappa shape index (κ1) is 23.4. The molecule has 5 fully saturated rings. The van der Waals surface area contributed by atoms with Crippen molar-refractivity contribution in [3.05, 3.63) is 0 Å². The molecule has 182 valence electrons. The van der Waals surface area contributed by atoms with E-state index in [9.17, 15) is 4.79 Å². The number of carbonyl (C=O) groups is 1. The van der Waals surface area contributed by atoms with Crippen molar-refractivity contribution < 1.29 is 9.53 Å². The number of likely N-dealkylation sites (tertiary alicyclic amines) is 1. The minimum Gasteiger partial charge on any atom is -0.381 e. The minimum absolute atomic E-state index is 0.0396. The molecule has 7 nitrogen and oxygen atoms in total. The second-order valence-corrected chi connectivity index (χ2v) is 12.1. The Bertz CT molecular complexity index is 634. The van der Waals surface area contributed by atoms with Crippen LogP contribution >= 0.6 is 11.8 Å². The summed E-state index contributed by atoms with van der Waals surface area (Å²) in [4.78, 5) is 16.1. The van der Waals surface area contributed by atoms with Crippen LogP contribution in [0.5, 0.6) is 0 Å². The Morgan fingerprint density at radius 3 is 2.69 bits per heavy atom. The molecule has 0 bridgehead atoms. The number of nitrogens with zero attached hydrogens (tertiary/aromatic N) is 1. The quantitative estimate of drug-likeness (QED) is 0.492. The van der Waals surface area contributed by atoms with Gasteiger partial charge in [-0.3, -0.25) is 15.0 Å². The van der Waals surface area contributed by atoms with Crippen LogP contribution < -0.4 is 21.3 Å². The molecule has 0 aromatic carbocycles. The topological polar surface area (TPSA) is 77.7 Å². The lowest BCUT2D eigenvalue weighted by molar-refractivity contribution is -0.130. The van der Waals surface area contributed by atoms with Crippen molar-refractivity contribution in [2.45, 2.75) is 93.4 Å². The van der Waals surface area contributed by atoms with E-state index in [0.717, 1.165) is 39.0 Å². The predicted octanol–water partition coefficient (Wildman–Crippen LogP) is 1.69. The third kappa shape index (κ3) is 5.01. The molecule has 5 rings (SSSR count). The average molecular weight is 466 g/mol. The molecule has 0 spiro atoms. The first-order valence-corrected chi connectivity index (χ1v) is 14.0. The Morgan fingerprint density at radius 2 is 1.91 bits per heavy atom. The van der Waals surface area contributed by atoms with E-state index in [0.29, 0.717) is 41.4 Å². The second kappa shape index (κ2) is 10.5. The zero-order chi connectivity index (χ0) is 22.1. The fraction of sp³-hybridized carbons (Fsp3) is 0.958. The molecule has 1 saturated carbocycles. The zero-order valence-electron chi connectivity index (χ0n) is 19.9. The molecule has 4 N–H and O–H groups in total. The number of hydrogen-bond acceptors (Lipinski definition) is 7. The first-order chi connectivity index (χ1) is 15.6. The third-order valence-corrected chi connectivity index (χ3v) is 10.1. The van der Waals surface area contributed by atoms with Gasteiger partial charge in [0, 0.05) is 44.1 Å². The summed E-state index contributed by atoms with van der Waals surface area (Å²) >= 11 is 1.93. The molecule has 8 heteroatoms. The fourth-order valence-electron chi connectivity index (χ4n) is 7.02. The maximum Gasteiger partial charge on any atom is 0.226 e. The van der Waals surface area contributed by atoms with E-state index in [1.165, 1.54) is 38.5 Å². The van der Waals surface area contributed by atoms with Crippen molar-refractivity contribution in [3.63, 3.8) is 0 Å². The monoisotopic (exact) mass is 465 g/mol. The normalized spacial score (nSPS) is 45.5. The number of methoxy groups -OCH3 is 1. The summed E-state index contributed by atoms with van der Waals surface area (Å²) in [6, 6.07) is 0.951. The summed E-state index contributed by atoms with van der Waals surface area (Å²) in [6.45, 7) is 6.40. The van der Waals surface area contributed by atoms with E-state index in [-0.39, 0.29) is 17.3 Å². The van der Waals surface area contributed by atoms with Gasteiger partial charge in [0.25, 0.3) is 0 Å². The molecule has 9 unspecified atom stereocenters. The van der Waals surface area contributed by atoms with Gasteiger partial charge in [-0.2, -0.15) is 0 Å². The second-order valence-electron chi connectivity index (χ2n) is 10.8. The van der Waals surface area contributed by atoms with Crippen LogP contribution in [0, 0.1) is 17.8 Å². The molecular formula is C24H43N5O2S. The molecule has 9 atom stereocenters. The number of piperidine rings is 2. The van der Waals surface area contributed by atoms with Crippen molar-refractivity contribution in [2.75, 3.05) is 33.3 Å². The van der Waals surface area contributed by atoms with Gasteiger partial charge in [-0.05, 0) is 63.8 Å². The van der Waals surface area contributed by atoms with Crippen molar-refractivity contribution in [1.82, 2.24) is 26.2 Å². The maximum atomic E-state index is 13.5. The lowest BCUT2D eigenvalue weighted by Gasteiger charge is -2.44. The highest BCUT2D eigenvalue weighted by Gasteiger charge is 2.46. The van der Waals surface area contributed by atoms with Gasteiger partial charge < -0.3 is 20.7 Å². The Labute approximate surface area is 197 Å². The predicted molar refractivity (Wildman–Crippen MR) is 129 cm³/mol. The Hall–Kier alpha value is -0.380. The van der Waals surface area contributed by atoms with Crippen LogP contribution in [0.25, 0.3) is 0 Å². The standard InChI is InChI=1S/C24H43N5O2S/c1-15-11-17(16-7-3-4-8-20(16)31-2)18(12-26-15)23(30)28-24-27-19-13-29(14-21(19)32-24)22-9-5-6-10-25-22/h15-22,24-27H,3-14H2,1-2H3,(H,28,30). The zero-order valence-corrected chi connectivity index (χ0v) is 20.7. The molecule has 0 aromatic rings. The summed E-state index contributed by atoms with van der Waals surface area (Å²) in [5, 5.41) is 15.0. The van der Waals surface area contributed by atoms with Gasteiger partial charge in [0.2, 0.25) is 5.91 Å². The van der Waals surface area contributed by atoms with Crippen LogP contribution in [-0.4, -0.2) is 79.2 Å². The molecule has 4 saturated heterocycles. The van der Waals surface area contributed by atoms with Crippen molar-refractivity contribution in [1.29, 1.82) is 0 Å². The van der Waals surface area contributed by atoms with E-state index < -0.39 is 0 Å². The lowest BCUT2D eigenvalue weighted by atomic mass is 9.68. The van der Waals surface area contributed by atoms with Crippen LogP contribution in [-0.2, 0) is 9.53 Å². The molecule has 1 amide bonds. The summed E-state index contributed by atoms with van der Waals surface area (Å²) in [7, 11) is 1.85. The number of thioether (sulfide) groups is 1. The van der Waals surface area contributed by atoms with E-state index >= 15 is 0 Å². The smallest absolute Gasteiger partial charge is 0.226 e. The Morgan fingerprint density at radius 1 is 1.06 bits per heavy atom. The SMILES string of the molecule is COC1CCCCC1C1CC(C)NCC1C(=O)NC1NC2CN(C3CCCCN3)CC2S1. The molecule has 4 aliphatic heterocycles. The maximum absolute atomic E-state index is 13.5. The van der Waals surface area contributed by atoms with Gasteiger partial charge in [0.1, 0.15) is 5.50 Å². The Balaban J connectivity index is 1.16. The van der Waals surface area contributed by atoms with Gasteiger partial charge in [0.15, 0.2) is 0 Å². The highest BCUT2D eigenvalue weighted by atomic mass is 32.2. The lowest BCUT2D eigenvalue weighted by Crippen LogP contribution is -2.55. The number of rotatable bonds is 5. The molecule has 32 heavy (non-hydrogen) atoms. The van der Waals surface area contributed by atoms with Gasteiger partial charge in [-0.25, -0.2) is 0 Å². The van der Waals surface area contributed by atoms with Crippen LogP contribution in [0.2, 0.25) is 0 Å². The molecular weight excluding hydrogens is 422 g/mol. The average Bonchev–Trinajstić information content (AvgIpc) is 3.38.